The second-order valence-electron chi connectivity index (χ2n) is 10.2. The molecule has 1 saturated heterocycles. The predicted octanol–water partition coefficient (Wildman–Crippen LogP) is 4.56. The number of hydrogen-bond acceptors (Lipinski definition) is 7. The van der Waals surface area contributed by atoms with Crippen LogP contribution < -0.4 is 10.6 Å². The lowest BCUT2D eigenvalue weighted by Gasteiger charge is -2.23. The molecule has 3 heterocycles. The smallest absolute Gasteiger partial charge is 0.391 e. The molecule has 1 aliphatic heterocycles. The van der Waals surface area contributed by atoms with E-state index in [-0.39, 0.29) is 33.0 Å². The maximum Gasteiger partial charge on any atom is 0.417 e. The number of aromatic nitrogens is 2. The maximum atomic E-state index is 14.2. The molecule has 1 unspecified atom stereocenters. The number of rotatable bonds is 6. The summed E-state index contributed by atoms with van der Waals surface area (Å²) in [4.78, 5) is 36.1. The quantitative estimate of drug-likeness (QED) is 0.509. The molecule has 0 aliphatic carbocycles. The highest BCUT2D eigenvalue weighted by Gasteiger charge is 2.38. The lowest BCUT2D eigenvalue weighted by Crippen LogP contribution is -2.39. The Balaban J connectivity index is 2.15. The average molecular weight is 528 g/mol. The van der Waals surface area contributed by atoms with Gasteiger partial charge in [0.1, 0.15) is 11.5 Å². The third-order valence-corrected chi connectivity index (χ3v) is 6.96. The summed E-state index contributed by atoms with van der Waals surface area (Å²) < 4.78 is 42.6. The number of anilines is 1. The van der Waals surface area contributed by atoms with Crippen molar-refractivity contribution in [2.45, 2.75) is 84.3 Å². The van der Waals surface area contributed by atoms with Crippen LogP contribution in [0.15, 0.2) is 12.3 Å². The molecule has 36 heavy (non-hydrogen) atoms. The van der Waals surface area contributed by atoms with Crippen molar-refractivity contribution in [2.75, 3.05) is 11.9 Å². The van der Waals surface area contributed by atoms with E-state index in [4.69, 9.17) is 0 Å². The van der Waals surface area contributed by atoms with E-state index in [0.29, 0.717) is 17.9 Å². The summed E-state index contributed by atoms with van der Waals surface area (Å²) in [6, 6.07) is 0.179. The van der Waals surface area contributed by atoms with Gasteiger partial charge >= 0.3 is 6.18 Å². The first-order valence-corrected chi connectivity index (χ1v) is 12.6. The molecule has 198 valence electrons. The fourth-order valence-corrected chi connectivity index (χ4v) is 4.81. The van der Waals surface area contributed by atoms with Gasteiger partial charge in [0.2, 0.25) is 0 Å². The maximum absolute atomic E-state index is 14.2. The van der Waals surface area contributed by atoms with E-state index >= 15 is 0 Å². The number of amides is 2. The summed E-state index contributed by atoms with van der Waals surface area (Å²) in [7, 11) is 0. The zero-order valence-electron chi connectivity index (χ0n) is 21.2. The summed E-state index contributed by atoms with van der Waals surface area (Å²) in [5.74, 6) is -1.18. The standard InChI is InChI=1S/C24H32F3N5O3S/c1-12-8-7-9-32(12)22(35)18-19(36-21(30-18)20(34)29-13(2)14(3)33)15-11-28-17(31-23(4,5)6)10-16(15)24(25,26)27/h10-14,33H,7-9H2,1-6H3,(H,28,31)(H,29,34)/t12?,13-,14-/m1/s1. The minimum atomic E-state index is -4.75. The molecule has 8 nitrogen and oxygen atoms in total. The van der Waals surface area contributed by atoms with Crippen molar-refractivity contribution in [3.63, 3.8) is 0 Å². The summed E-state index contributed by atoms with van der Waals surface area (Å²) in [6.45, 7) is 10.8. The second kappa shape index (κ2) is 10.3. The number of nitrogens with zero attached hydrogens (tertiary/aromatic N) is 3. The molecule has 0 bridgehead atoms. The highest BCUT2D eigenvalue weighted by atomic mass is 32.1. The number of likely N-dealkylation sites (tertiary alicyclic amines) is 1. The third kappa shape index (κ3) is 6.33. The number of carbonyl (C=O) groups excluding carboxylic acids is 2. The van der Waals surface area contributed by atoms with E-state index < -0.39 is 41.2 Å². The topological polar surface area (TPSA) is 107 Å². The second-order valence-corrected chi connectivity index (χ2v) is 11.2. The van der Waals surface area contributed by atoms with Crippen LogP contribution in [-0.4, -0.2) is 62.1 Å². The van der Waals surface area contributed by atoms with Crippen molar-refractivity contribution in [1.82, 2.24) is 20.2 Å². The normalized spacial score (nSPS) is 18.2. The highest BCUT2D eigenvalue weighted by Crippen LogP contribution is 2.42. The largest absolute Gasteiger partial charge is 0.417 e. The lowest BCUT2D eigenvalue weighted by atomic mass is 10.1. The Bertz CT molecular complexity index is 1130. The zero-order chi connectivity index (χ0) is 27.0. The Labute approximate surface area is 212 Å². The summed E-state index contributed by atoms with van der Waals surface area (Å²) in [5, 5.41) is 15.0. The molecule has 0 saturated carbocycles. The van der Waals surface area contributed by atoms with Crippen LogP contribution in [0.1, 0.15) is 80.2 Å². The molecular weight excluding hydrogens is 495 g/mol. The van der Waals surface area contributed by atoms with Gasteiger partial charge in [0.25, 0.3) is 11.8 Å². The van der Waals surface area contributed by atoms with Crippen molar-refractivity contribution >= 4 is 29.0 Å². The minimum absolute atomic E-state index is 0.0351. The van der Waals surface area contributed by atoms with E-state index in [0.717, 1.165) is 25.1 Å². The fraction of sp³-hybridized carbons (Fsp3) is 0.583. The van der Waals surface area contributed by atoms with Gasteiger partial charge in [-0.15, -0.1) is 11.3 Å². The fourth-order valence-electron chi connectivity index (χ4n) is 3.83. The van der Waals surface area contributed by atoms with Crippen LogP contribution in [0.5, 0.6) is 0 Å². The first-order valence-electron chi connectivity index (χ1n) is 11.7. The number of halogens is 3. The molecule has 3 atom stereocenters. The number of nitrogens with one attached hydrogen (secondary N) is 2. The summed E-state index contributed by atoms with van der Waals surface area (Å²) >= 11 is 0.699. The van der Waals surface area contributed by atoms with Crippen molar-refractivity contribution < 1.29 is 27.9 Å². The van der Waals surface area contributed by atoms with Crippen LogP contribution in [0.25, 0.3) is 10.4 Å². The SMILES string of the molecule is CC1CCCN1C(=O)c1nc(C(=O)N[C@H](C)[C@@H](C)O)sc1-c1cnc(NC(C)(C)C)cc1C(F)(F)F. The number of aliphatic hydroxyl groups excluding tert-OH is 1. The van der Waals surface area contributed by atoms with Gasteiger partial charge in [-0.2, -0.15) is 13.2 Å². The van der Waals surface area contributed by atoms with E-state index in [9.17, 15) is 27.9 Å². The van der Waals surface area contributed by atoms with Gasteiger partial charge in [-0.05, 0) is 60.5 Å². The van der Waals surface area contributed by atoms with Gasteiger partial charge in [0.15, 0.2) is 5.01 Å². The molecule has 3 N–H and O–H groups in total. The van der Waals surface area contributed by atoms with Crippen LogP contribution in [0, 0.1) is 0 Å². The molecule has 3 rings (SSSR count). The van der Waals surface area contributed by atoms with Crippen molar-refractivity contribution in [2.24, 2.45) is 0 Å². The lowest BCUT2D eigenvalue weighted by molar-refractivity contribution is -0.137. The number of thiazole rings is 1. The number of aliphatic hydroxyl groups is 1. The van der Waals surface area contributed by atoms with Crippen LogP contribution in [0.4, 0.5) is 19.0 Å². The van der Waals surface area contributed by atoms with Crippen LogP contribution in [0.3, 0.4) is 0 Å². The third-order valence-electron chi connectivity index (χ3n) is 5.88. The number of alkyl halides is 3. The Morgan fingerprint density at radius 1 is 1.25 bits per heavy atom. The number of carbonyl (C=O) groups is 2. The van der Waals surface area contributed by atoms with Gasteiger partial charge in [0, 0.05) is 29.9 Å². The molecule has 0 radical (unpaired) electrons. The van der Waals surface area contributed by atoms with Gasteiger partial charge in [-0.25, -0.2) is 9.97 Å². The van der Waals surface area contributed by atoms with Gasteiger partial charge < -0.3 is 20.6 Å². The average Bonchev–Trinajstić information content (AvgIpc) is 3.38. The molecule has 1 fully saturated rings. The Morgan fingerprint density at radius 3 is 2.44 bits per heavy atom. The Kier molecular flexibility index (Phi) is 7.99. The van der Waals surface area contributed by atoms with Crippen LogP contribution >= 0.6 is 11.3 Å². The van der Waals surface area contributed by atoms with E-state index in [1.807, 2.05) is 6.92 Å². The van der Waals surface area contributed by atoms with Gasteiger partial charge in [0.05, 0.1) is 22.6 Å². The molecule has 0 spiro atoms. The first-order chi connectivity index (χ1) is 16.6. The molecule has 12 heteroatoms. The highest BCUT2D eigenvalue weighted by molar-refractivity contribution is 7.17. The number of hydrogen-bond donors (Lipinski definition) is 3. The van der Waals surface area contributed by atoms with E-state index in [2.05, 4.69) is 20.6 Å². The van der Waals surface area contributed by atoms with E-state index in [1.165, 1.54) is 6.92 Å². The predicted molar refractivity (Wildman–Crippen MR) is 132 cm³/mol. The zero-order valence-corrected chi connectivity index (χ0v) is 22.0. The van der Waals surface area contributed by atoms with Crippen molar-refractivity contribution in [1.29, 1.82) is 0 Å². The van der Waals surface area contributed by atoms with Crippen LogP contribution in [-0.2, 0) is 6.18 Å². The molecule has 2 aromatic rings. The van der Waals surface area contributed by atoms with Crippen molar-refractivity contribution in [3.8, 4) is 10.4 Å². The molecule has 1 aliphatic rings. The molecular formula is C24H32F3N5O3S. The Hall–Kier alpha value is -2.73. The van der Waals surface area contributed by atoms with E-state index in [1.54, 1.807) is 32.6 Å². The number of pyridine rings is 1. The van der Waals surface area contributed by atoms with Gasteiger partial charge in [-0.1, -0.05) is 0 Å². The Morgan fingerprint density at radius 2 is 1.92 bits per heavy atom. The van der Waals surface area contributed by atoms with Crippen molar-refractivity contribution in [3.05, 3.63) is 28.5 Å². The molecule has 0 aromatic carbocycles. The monoisotopic (exact) mass is 527 g/mol. The van der Waals surface area contributed by atoms with Crippen LogP contribution in [0.2, 0.25) is 0 Å². The molecule has 2 amide bonds. The summed E-state index contributed by atoms with van der Waals surface area (Å²) in [5.41, 5.74) is -2.05. The minimum Gasteiger partial charge on any atom is -0.391 e. The summed E-state index contributed by atoms with van der Waals surface area (Å²) in [6.07, 6.45) is -3.00. The first kappa shape index (κ1) is 27.9. The molecule has 2 aromatic heterocycles. The van der Waals surface area contributed by atoms with Gasteiger partial charge in [-0.3, -0.25) is 9.59 Å².